The lowest BCUT2D eigenvalue weighted by atomic mass is 10.2. The first-order valence-corrected chi connectivity index (χ1v) is 8.30. The standard InChI is InChI=1S/C15H15IN2S/c16-12-3-1-11(2-4-12)10-18-7-8-19-15-6-5-13(17)9-14(15)18/h1-6,9H,7-8,10,17H2. The summed E-state index contributed by atoms with van der Waals surface area (Å²) in [7, 11) is 0. The van der Waals surface area contributed by atoms with Gasteiger partial charge in [0.25, 0.3) is 0 Å². The van der Waals surface area contributed by atoms with Gasteiger partial charge in [0.15, 0.2) is 0 Å². The summed E-state index contributed by atoms with van der Waals surface area (Å²) in [6.07, 6.45) is 0. The molecule has 19 heavy (non-hydrogen) atoms. The number of thioether (sulfide) groups is 1. The van der Waals surface area contributed by atoms with Gasteiger partial charge in [0, 0.05) is 33.0 Å². The Hall–Kier alpha value is -0.880. The molecule has 0 aromatic heterocycles. The van der Waals surface area contributed by atoms with Gasteiger partial charge in [-0.1, -0.05) is 12.1 Å². The number of rotatable bonds is 2. The highest BCUT2D eigenvalue weighted by molar-refractivity contribution is 14.1. The van der Waals surface area contributed by atoms with Crippen LogP contribution in [0.3, 0.4) is 0 Å². The molecular formula is C15H15IN2S. The Kier molecular flexibility index (Phi) is 3.88. The molecule has 0 atom stereocenters. The van der Waals surface area contributed by atoms with E-state index in [0.717, 1.165) is 24.5 Å². The lowest BCUT2D eigenvalue weighted by molar-refractivity contribution is 0.817. The summed E-state index contributed by atoms with van der Waals surface area (Å²) in [4.78, 5) is 3.76. The van der Waals surface area contributed by atoms with Crippen LogP contribution in [0.15, 0.2) is 47.4 Å². The monoisotopic (exact) mass is 382 g/mol. The zero-order chi connectivity index (χ0) is 13.2. The minimum Gasteiger partial charge on any atom is -0.399 e. The van der Waals surface area contributed by atoms with Crippen molar-refractivity contribution in [1.82, 2.24) is 0 Å². The number of fused-ring (bicyclic) bond motifs is 1. The van der Waals surface area contributed by atoms with Gasteiger partial charge in [-0.25, -0.2) is 0 Å². The van der Waals surface area contributed by atoms with Crippen molar-refractivity contribution in [3.63, 3.8) is 0 Å². The molecule has 1 aliphatic rings. The van der Waals surface area contributed by atoms with E-state index in [4.69, 9.17) is 5.73 Å². The Balaban J connectivity index is 1.87. The van der Waals surface area contributed by atoms with E-state index in [9.17, 15) is 0 Å². The molecule has 1 heterocycles. The number of halogens is 1. The summed E-state index contributed by atoms with van der Waals surface area (Å²) in [5, 5.41) is 0. The van der Waals surface area contributed by atoms with E-state index in [1.165, 1.54) is 19.7 Å². The van der Waals surface area contributed by atoms with Crippen LogP contribution in [0.2, 0.25) is 0 Å². The van der Waals surface area contributed by atoms with Gasteiger partial charge in [-0.05, 0) is 58.5 Å². The molecule has 0 amide bonds. The fourth-order valence-corrected chi connectivity index (χ4v) is 3.66. The van der Waals surface area contributed by atoms with Crippen LogP contribution in [0.5, 0.6) is 0 Å². The highest BCUT2D eigenvalue weighted by Crippen LogP contribution is 2.36. The van der Waals surface area contributed by atoms with Crippen LogP contribution in [-0.2, 0) is 6.54 Å². The van der Waals surface area contributed by atoms with Crippen molar-refractivity contribution >= 4 is 45.7 Å². The summed E-state index contributed by atoms with van der Waals surface area (Å²) in [6, 6.07) is 14.9. The maximum atomic E-state index is 5.92. The largest absolute Gasteiger partial charge is 0.399 e. The van der Waals surface area contributed by atoms with E-state index in [1.807, 2.05) is 17.8 Å². The van der Waals surface area contributed by atoms with E-state index >= 15 is 0 Å². The third-order valence-corrected chi connectivity index (χ3v) is 4.99. The number of nitrogens with two attached hydrogens (primary N) is 1. The quantitative estimate of drug-likeness (QED) is 0.629. The first kappa shape index (κ1) is 13.1. The summed E-state index contributed by atoms with van der Waals surface area (Å²) >= 11 is 4.25. The van der Waals surface area contributed by atoms with Gasteiger partial charge < -0.3 is 10.6 Å². The van der Waals surface area contributed by atoms with Gasteiger partial charge >= 0.3 is 0 Å². The minimum absolute atomic E-state index is 0.842. The van der Waals surface area contributed by atoms with Gasteiger partial charge in [0.2, 0.25) is 0 Å². The number of hydrogen-bond donors (Lipinski definition) is 1. The van der Waals surface area contributed by atoms with Crippen LogP contribution in [0.25, 0.3) is 0 Å². The normalized spacial score (nSPS) is 14.3. The predicted octanol–water partition coefficient (Wildman–Crippen LogP) is 3.99. The fourth-order valence-electron chi connectivity index (χ4n) is 2.26. The molecule has 4 heteroatoms. The first-order chi connectivity index (χ1) is 9.22. The molecule has 0 radical (unpaired) electrons. The van der Waals surface area contributed by atoms with Crippen LogP contribution in [0.4, 0.5) is 11.4 Å². The Morgan fingerprint density at radius 3 is 2.74 bits per heavy atom. The zero-order valence-electron chi connectivity index (χ0n) is 10.5. The van der Waals surface area contributed by atoms with Gasteiger partial charge in [0.05, 0.1) is 5.69 Å². The van der Waals surface area contributed by atoms with Crippen LogP contribution in [0, 0.1) is 3.57 Å². The van der Waals surface area contributed by atoms with Crippen LogP contribution in [0.1, 0.15) is 5.56 Å². The molecule has 2 nitrogen and oxygen atoms in total. The predicted molar refractivity (Wildman–Crippen MR) is 91.8 cm³/mol. The molecule has 1 aliphatic heterocycles. The van der Waals surface area contributed by atoms with E-state index in [2.05, 4.69) is 63.9 Å². The number of nitrogen functional groups attached to an aromatic ring is 1. The highest BCUT2D eigenvalue weighted by Gasteiger charge is 2.17. The molecule has 0 saturated heterocycles. The Bertz CT molecular complexity index is 583. The van der Waals surface area contributed by atoms with Crippen molar-refractivity contribution in [2.24, 2.45) is 0 Å². The van der Waals surface area contributed by atoms with Crippen LogP contribution in [-0.4, -0.2) is 12.3 Å². The molecule has 0 unspecified atom stereocenters. The topological polar surface area (TPSA) is 29.3 Å². The Labute approximate surface area is 131 Å². The third-order valence-electron chi connectivity index (χ3n) is 3.23. The highest BCUT2D eigenvalue weighted by atomic mass is 127. The molecule has 0 bridgehead atoms. The molecule has 2 aromatic rings. The van der Waals surface area contributed by atoms with E-state index in [1.54, 1.807) is 0 Å². The number of benzene rings is 2. The molecule has 0 fully saturated rings. The molecule has 2 aromatic carbocycles. The van der Waals surface area contributed by atoms with E-state index in [0.29, 0.717) is 0 Å². The van der Waals surface area contributed by atoms with E-state index in [-0.39, 0.29) is 0 Å². The van der Waals surface area contributed by atoms with Crippen molar-refractivity contribution < 1.29 is 0 Å². The van der Waals surface area contributed by atoms with Crippen molar-refractivity contribution in [3.8, 4) is 0 Å². The second-order valence-corrected chi connectivity index (χ2v) is 7.01. The lowest BCUT2D eigenvalue weighted by Gasteiger charge is -2.31. The average Bonchev–Trinajstić information content (AvgIpc) is 2.42. The van der Waals surface area contributed by atoms with Crippen molar-refractivity contribution in [2.45, 2.75) is 11.4 Å². The zero-order valence-corrected chi connectivity index (χ0v) is 13.4. The summed E-state index contributed by atoms with van der Waals surface area (Å²) in [5.41, 5.74) is 9.38. The summed E-state index contributed by atoms with van der Waals surface area (Å²) in [5.74, 6) is 1.14. The van der Waals surface area contributed by atoms with Crippen LogP contribution >= 0.6 is 34.4 Å². The first-order valence-electron chi connectivity index (χ1n) is 6.24. The van der Waals surface area contributed by atoms with E-state index < -0.39 is 0 Å². The minimum atomic E-state index is 0.842. The van der Waals surface area contributed by atoms with Crippen molar-refractivity contribution in [2.75, 3.05) is 22.9 Å². The SMILES string of the molecule is Nc1ccc2c(c1)N(Cc1ccc(I)cc1)CCS2. The maximum absolute atomic E-state index is 5.92. The molecule has 0 saturated carbocycles. The molecular weight excluding hydrogens is 367 g/mol. The molecule has 0 spiro atoms. The van der Waals surface area contributed by atoms with Crippen molar-refractivity contribution in [1.29, 1.82) is 0 Å². The Morgan fingerprint density at radius 1 is 1.16 bits per heavy atom. The number of nitrogens with zero attached hydrogens (tertiary/aromatic N) is 1. The molecule has 2 N–H and O–H groups in total. The second kappa shape index (κ2) is 5.63. The second-order valence-electron chi connectivity index (χ2n) is 4.62. The molecule has 0 aliphatic carbocycles. The fraction of sp³-hybridized carbons (Fsp3) is 0.200. The Morgan fingerprint density at radius 2 is 1.95 bits per heavy atom. The third kappa shape index (κ3) is 3.00. The van der Waals surface area contributed by atoms with Crippen molar-refractivity contribution in [3.05, 3.63) is 51.6 Å². The average molecular weight is 382 g/mol. The smallest absolute Gasteiger partial charge is 0.0528 e. The van der Waals surface area contributed by atoms with Gasteiger partial charge in [0.1, 0.15) is 0 Å². The molecule has 98 valence electrons. The summed E-state index contributed by atoms with van der Waals surface area (Å²) < 4.78 is 1.28. The van der Waals surface area contributed by atoms with Gasteiger partial charge in [-0.15, -0.1) is 11.8 Å². The molecule has 3 rings (SSSR count). The maximum Gasteiger partial charge on any atom is 0.0528 e. The number of hydrogen-bond acceptors (Lipinski definition) is 3. The number of anilines is 2. The lowest BCUT2D eigenvalue weighted by Crippen LogP contribution is -2.28. The summed E-state index contributed by atoms with van der Waals surface area (Å²) in [6.45, 7) is 2.03. The van der Waals surface area contributed by atoms with Gasteiger partial charge in [-0.3, -0.25) is 0 Å². The van der Waals surface area contributed by atoms with Crippen LogP contribution < -0.4 is 10.6 Å². The van der Waals surface area contributed by atoms with Gasteiger partial charge in [-0.2, -0.15) is 0 Å².